The van der Waals surface area contributed by atoms with E-state index in [9.17, 15) is 9.59 Å². The van der Waals surface area contributed by atoms with Gasteiger partial charge in [-0.1, -0.05) is 66.2 Å². The van der Waals surface area contributed by atoms with Gasteiger partial charge in [0.1, 0.15) is 12.4 Å². The molecule has 1 aliphatic rings. The van der Waals surface area contributed by atoms with Gasteiger partial charge in [-0.2, -0.15) is 0 Å². The Kier molecular flexibility index (Phi) is 6.95. The van der Waals surface area contributed by atoms with Crippen LogP contribution in [0.25, 0.3) is 5.70 Å². The number of hydrogen-bond acceptors (Lipinski definition) is 4. The third-order valence-corrected chi connectivity index (χ3v) is 5.35. The highest BCUT2D eigenvalue weighted by Crippen LogP contribution is 2.33. The van der Waals surface area contributed by atoms with E-state index in [4.69, 9.17) is 21.1 Å². The smallest absolute Gasteiger partial charge is 0.338 e. The molecule has 7 heteroatoms. The molecule has 0 spiro atoms. The molecular weight excluding hydrogens is 440 g/mol. The van der Waals surface area contributed by atoms with Crippen LogP contribution in [-0.2, 0) is 16.1 Å². The molecule has 1 atom stereocenters. The molecule has 0 aromatic heterocycles. The summed E-state index contributed by atoms with van der Waals surface area (Å²) >= 11 is 6.05. The van der Waals surface area contributed by atoms with Crippen LogP contribution in [0.15, 0.2) is 84.4 Å². The van der Waals surface area contributed by atoms with E-state index in [1.54, 1.807) is 13.0 Å². The second-order valence-corrected chi connectivity index (χ2v) is 7.83. The van der Waals surface area contributed by atoms with E-state index in [2.05, 4.69) is 10.6 Å². The zero-order valence-electron chi connectivity index (χ0n) is 18.0. The number of urea groups is 1. The molecule has 1 aliphatic heterocycles. The zero-order chi connectivity index (χ0) is 23.2. The number of carbonyl (C=O) groups is 2. The number of esters is 1. The Hall–Kier alpha value is -3.77. The van der Waals surface area contributed by atoms with Crippen molar-refractivity contribution in [1.29, 1.82) is 0 Å². The predicted molar refractivity (Wildman–Crippen MR) is 127 cm³/mol. The molecule has 0 saturated heterocycles. The highest BCUT2D eigenvalue weighted by molar-refractivity contribution is 6.30. The van der Waals surface area contributed by atoms with E-state index < -0.39 is 18.0 Å². The largest absolute Gasteiger partial charge is 0.489 e. The predicted octanol–water partition coefficient (Wildman–Crippen LogP) is 5.25. The average molecular weight is 463 g/mol. The second kappa shape index (κ2) is 10.2. The fourth-order valence-corrected chi connectivity index (χ4v) is 3.87. The molecule has 0 aliphatic carbocycles. The minimum atomic E-state index is -0.706. The first kappa shape index (κ1) is 22.4. The number of carbonyl (C=O) groups excluding carboxylic acids is 2. The molecule has 1 heterocycles. The van der Waals surface area contributed by atoms with Crippen molar-refractivity contribution in [3.8, 4) is 5.75 Å². The van der Waals surface area contributed by atoms with Crippen molar-refractivity contribution < 1.29 is 19.1 Å². The van der Waals surface area contributed by atoms with Crippen LogP contribution in [0.5, 0.6) is 5.75 Å². The van der Waals surface area contributed by atoms with Crippen molar-refractivity contribution in [2.45, 2.75) is 19.6 Å². The normalized spacial score (nSPS) is 15.5. The van der Waals surface area contributed by atoms with Gasteiger partial charge in [-0.05, 0) is 47.9 Å². The summed E-state index contributed by atoms with van der Waals surface area (Å²) in [6.07, 6.45) is 0. The number of rotatable bonds is 7. The maximum atomic E-state index is 13.0. The number of halogens is 1. The van der Waals surface area contributed by atoms with Crippen LogP contribution in [-0.4, -0.2) is 18.6 Å². The van der Waals surface area contributed by atoms with Crippen LogP contribution in [0, 0.1) is 0 Å². The maximum absolute atomic E-state index is 13.0. The van der Waals surface area contributed by atoms with Gasteiger partial charge in [0, 0.05) is 5.02 Å². The molecule has 4 rings (SSSR count). The van der Waals surface area contributed by atoms with Crippen LogP contribution in [0.1, 0.15) is 29.7 Å². The van der Waals surface area contributed by atoms with Crippen LogP contribution in [0.2, 0.25) is 5.02 Å². The Morgan fingerprint density at radius 1 is 1.00 bits per heavy atom. The second-order valence-electron chi connectivity index (χ2n) is 7.40. The number of hydrogen-bond donors (Lipinski definition) is 2. The molecule has 0 saturated carbocycles. The molecule has 6 nitrogen and oxygen atoms in total. The summed E-state index contributed by atoms with van der Waals surface area (Å²) in [5.74, 6) is 0.101. The highest BCUT2D eigenvalue weighted by atomic mass is 35.5. The molecule has 33 heavy (non-hydrogen) atoms. The zero-order valence-corrected chi connectivity index (χ0v) is 18.8. The quantitative estimate of drug-likeness (QED) is 0.470. The van der Waals surface area contributed by atoms with E-state index in [1.807, 2.05) is 72.8 Å². The van der Waals surface area contributed by atoms with Gasteiger partial charge in [-0.3, -0.25) is 0 Å². The lowest BCUT2D eigenvalue weighted by Gasteiger charge is -2.29. The van der Waals surface area contributed by atoms with Crippen LogP contribution < -0.4 is 15.4 Å². The minimum absolute atomic E-state index is 0.216. The fourth-order valence-electron chi connectivity index (χ4n) is 3.65. The lowest BCUT2D eigenvalue weighted by Crippen LogP contribution is -2.45. The lowest BCUT2D eigenvalue weighted by molar-refractivity contribution is -0.138. The van der Waals surface area contributed by atoms with E-state index in [0.717, 1.165) is 5.56 Å². The SMILES string of the molecule is CCOC(=O)C1=C(c2ccccc2)NC(=O)NC1c1cccc(OCc2cccc(Cl)c2)c1. The van der Waals surface area contributed by atoms with Gasteiger partial charge in [-0.15, -0.1) is 0 Å². The summed E-state index contributed by atoms with van der Waals surface area (Å²) in [6.45, 7) is 2.29. The summed E-state index contributed by atoms with van der Waals surface area (Å²) in [4.78, 5) is 25.5. The fraction of sp³-hybridized carbons (Fsp3) is 0.154. The maximum Gasteiger partial charge on any atom is 0.338 e. The van der Waals surface area contributed by atoms with Gasteiger partial charge < -0.3 is 20.1 Å². The van der Waals surface area contributed by atoms with Crippen molar-refractivity contribution in [1.82, 2.24) is 10.6 Å². The van der Waals surface area contributed by atoms with E-state index >= 15 is 0 Å². The van der Waals surface area contributed by atoms with Crippen LogP contribution in [0.4, 0.5) is 4.79 Å². The van der Waals surface area contributed by atoms with Gasteiger partial charge in [-0.25, -0.2) is 9.59 Å². The van der Waals surface area contributed by atoms with Gasteiger partial charge in [0.2, 0.25) is 0 Å². The first-order valence-electron chi connectivity index (χ1n) is 10.6. The molecule has 3 aromatic rings. The average Bonchev–Trinajstić information content (AvgIpc) is 2.83. The van der Waals surface area contributed by atoms with Crippen molar-refractivity contribution in [3.63, 3.8) is 0 Å². The molecular formula is C26H23ClN2O4. The number of nitrogens with one attached hydrogen (secondary N) is 2. The Morgan fingerprint density at radius 3 is 2.55 bits per heavy atom. The monoisotopic (exact) mass is 462 g/mol. The molecule has 3 aromatic carbocycles. The lowest BCUT2D eigenvalue weighted by atomic mass is 9.92. The van der Waals surface area contributed by atoms with Gasteiger partial charge >= 0.3 is 12.0 Å². The molecule has 2 amide bonds. The first-order chi connectivity index (χ1) is 16.0. The Bertz CT molecular complexity index is 1190. The summed E-state index contributed by atoms with van der Waals surface area (Å²) in [6, 6.07) is 22.8. The van der Waals surface area contributed by atoms with E-state index in [1.165, 1.54) is 0 Å². The van der Waals surface area contributed by atoms with Crippen LogP contribution >= 0.6 is 11.6 Å². The summed E-state index contributed by atoms with van der Waals surface area (Å²) in [5.41, 5.74) is 3.10. The van der Waals surface area contributed by atoms with Gasteiger partial charge in [0.15, 0.2) is 0 Å². The molecule has 0 bridgehead atoms. The standard InChI is InChI=1S/C26H23ClN2O4/c1-2-32-25(30)22-23(18-9-4-3-5-10-18)28-26(31)29-24(22)19-11-7-13-21(15-19)33-16-17-8-6-12-20(27)14-17/h3-15,24H,2,16H2,1H3,(H2,28,29,31). The van der Waals surface area contributed by atoms with Gasteiger partial charge in [0.05, 0.1) is 23.9 Å². The summed E-state index contributed by atoms with van der Waals surface area (Å²) < 4.78 is 11.3. The summed E-state index contributed by atoms with van der Waals surface area (Å²) in [7, 11) is 0. The van der Waals surface area contributed by atoms with Crippen molar-refractivity contribution >= 4 is 29.3 Å². The van der Waals surface area contributed by atoms with Crippen molar-refractivity contribution in [3.05, 3.63) is 106 Å². The molecule has 168 valence electrons. The first-order valence-corrected chi connectivity index (χ1v) is 10.9. The molecule has 0 fully saturated rings. The third-order valence-electron chi connectivity index (χ3n) is 5.12. The summed E-state index contributed by atoms with van der Waals surface area (Å²) in [5, 5.41) is 6.26. The van der Waals surface area contributed by atoms with E-state index in [0.29, 0.717) is 39.8 Å². The Morgan fingerprint density at radius 2 is 1.79 bits per heavy atom. The number of benzene rings is 3. The highest BCUT2D eigenvalue weighted by Gasteiger charge is 2.34. The van der Waals surface area contributed by atoms with Crippen molar-refractivity contribution in [2.75, 3.05) is 6.61 Å². The van der Waals surface area contributed by atoms with Crippen molar-refractivity contribution in [2.24, 2.45) is 0 Å². The minimum Gasteiger partial charge on any atom is -0.489 e. The van der Waals surface area contributed by atoms with Crippen LogP contribution in [0.3, 0.4) is 0 Å². The Labute approximate surface area is 197 Å². The Balaban J connectivity index is 1.69. The molecule has 2 N–H and O–H groups in total. The third kappa shape index (κ3) is 5.35. The van der Waals surface area contributed by atoms with Gasteiger partial charge in [0.25, 0.3) is 0 Å². The number of amides is 2. The molecule has 0 radical (unpaired) electrons. The number of ether oxygens (including phenoxy) is 2. The topological polar surface area (TPSA) is 76.7 Å². The van der Waals surface area contributed by atoms with E-state index in [-0.39, 0.29) is 6.61 Å². The molecule has 1 unspecified atom stereocenters.